The van der Waals surface area contributed by atoms with Gasteiger partial charge in [0.1, 0.15) is 5.58 Å². The molecule has 0 saturated carbocycles. The number of benzene rings is 2. The van der Waals surface area contributed by atoms with Gasteiger partial charge in [0.25, 0.3) is 5.91 Å². The van der Waals surface area contributed by atoms with Crippen LogP contribution in [0, 0.1) is 13.8 Å². The molecule has 144 valence electrons. The normalized spacial score (nSPS) is 15.9. The first kappa shape index (κ1) is 18.3. The number of hydrogen-bond donors (Lipinski definition) is 0. The summed E-state index contributed by atoms with van der Waals surface area (Å²) < 4.78 is 6.86. The number of fused-ring (bicyclic) bond motifs is 2. The van der Waals surface area contributed by atoms with Gasteiger partial charge >= 0.3 is 0 Å². The van der Waals surface area contributed by atoms with Gasteiger partial charge in [-0.2, -0.15) is 0 Å². The van der Waals surface area contributed by atoms with Gasteiger partial charge in [0.05, 0.1) is 22.7 Å². The molecule has 3 heterocycles. The van der Waals surface area contributed by atoms with Crippen LogP contribution in [0.3, 0.4) is 0 Å². The Morgan fingerprint density at radius 3 is 2.48 bits per heavy atom. The highest BCUT2D eigenvalue weighted by Crippen LogP contribution is 2.43. The summed E-state index contributed by atoms with van der Waals surface area (Å²) in [5.74, 6) is -0.253. The van der Waals surface area contributed by atoms with E-state index in [2.05, 4.69) is 20.9 Å². The summed E-state index contributed by atoms with van der Waals surface area (Å²) in [6.07, 6.45) is 0. The summed E-state index contributed by atoms with van der Waals surface area (Å²) in [5.41, 5.74) is 2.28. The molecule has 1 aliphatic heterocycles. The summed E-state index contributed by atoms with van der Waals surface area (Å²) in [4.78, 5) is 34.0. The van der Waals surface area contributed by atoms with Gasteiger partial charge in [-0.25, -0.2) is 4.98 Å². The lowest BCUT2D eigenvalue weighted by atomic mass is 9.99. The molecule has 29 heavy (non-hydrogen) atoms. The standard InChI is InChI=1S/C22H15BrN2O3S/c1-11-12(2)29-22(24-11)25-18(13-7-9-14(23)10-8-13)17-19(26)15-5-3-4-6-16(15)28-20(17)21(25)27/h3-10,18H,1-2H3/t18-/m0/s1. The van der Waals surface area contributed by atoms with E-state index in [1.54, 1.807) is 29.2 Å². The molecular weight excluding hydrogens is 452 g/mol. The highest BCUT2D eigenvalue weighted by atomic mass is 79.9. The lowest BCUT2D eigenvalue weighted by Gasteiger charge is -2.22. The molecule has 0 unspecified atom stereocenters. The Bertz CT molecular complexity index is 1320. The monoisotopic (exact) mass is 466 g/mol. The smallest absolute Gasteiger partial charge is 0.297 e. The average molecular weight is 467 g/mol. The van der Waals surface area contributed by atoms with Crippen LogP contribution in [0.15, 0.2) is 62.2 Å². The highest BCUT2D eigenvalue weighted by molar-refractivity contribution is 9.10. The van der Waals surface area contributed by atoms with Gasteiger partial charge in [0.2, 0.25) is 5.76 Å². The van der Waals surface area contributed by atoms with Crippen LogP contribution in [0.4, 0.5) is 5.13 Å². The van der Waals surface area contributed by atoms with Crippen molar-refractivity contribution in [1.82, 2.24) is 4.98 Å². The predicted octanol–water partition coefficient (Wildman–Crippen LogP) is 5.38. The number of para-hydroxylation sites is 1. The second-order valence-electron chi connectivity index (χ2n) is 6.94. The van der Waals surface area contributed by atoms with Crippen molar-refractivity contribution < 1.29 is 9.21 Å². The van der Waals surface area contributed by atoms with E-state index in [-0.39, 0.29) is 17.1 Å². The Labute approximate surface area is 178 Å². The second-order valence-corrected chi connectivity index (χ2v) is 9.03. The summed E-state index contributed by atoms with van der Waals surface area (Å²) in [5, 5.41) is 1.03. The molecule has 0 bridgehead atoms. The van der Waals surface area contributed by atoms with E-state index in [1.807, 2.05) is 38.1 Å². The number of carbonyl (C=O) groups excluding carboxylic acids is 1. The largest absolute Gasteiger partial charge is 0.450 e. The average Bonchev–Trinajstić information content (AvgIpc) is 3.19. The molecule has 0 spiro atoms. The summed E-state index contributed by atoms with van der Waals surface area (Å²) in [6, 6.07) is 14.0. The maximum atomic E-state index is 13.4. The van der Waals surface area contributed by atoms with Crippen LogP contribution in [0.2, 0.25) is 0 Å². The molecule has 0 fully saturated rings. The second kappa shape index (κ2) is 6.64. The number of aryl methyl sites for hydroxylation is 2. The zero-order chi connectivity index (χ0) is 20.3. The molecule has 2 aromatic heterocycles. The first-order valence-corrected chi connectivity index (χ1v) is 10.7. The molecule has 1 atom stereocenters. The summed E-state index contributed by atoms with van der Waals surface area (Å²) >= 11 is 4.89. The van der Waals surface area contributed by atoms with Crippen molar-refractivity contribution in [2.75, 3.05) is 4.90 Å². The van der Waals surface area contributed by atoms with E-state index in [4.69, 9.17) is 4.42 Å². The molecule has 4 aromatic rings. The van der Waals surface area contributed by atoms with Crippen LogP contribution in [-0.4, -0.2) is 10.9 Å². The van der Waals surface area contributed by atoms with E-state index >= 15 is 0 Å². The lowest BCUT2D eigenvalue weighted by Crippen LogP contribution is -2.29. The maximum absolute atomic E-state index is 13.4. The topological polar surface area (TPSA) is 63.4 Å². The zero-order valence-electron chi connectivity index (χ0n) is 15.6. The molecule has 0 N–H and O–H groups in total. The predicted molar refractivity (Wildman–Crippen MR) is 117 cm³/mol. The molecule has 1 amide bonds. The molecule has 1 aliphatic rings. The van der Waals surface area contributed by atoms with Gasteiger partial charge in [-0.1, -0.05) is 40.2 Å². The Morgan fingerprint density at radius 1 is 1.07 bits per heavy atom. The van der Waals surface area contributed by atoms with Gasteiger partial charge in [-0.05, 0) is 43.7 Å². The van der Waals surface area contributed by atoms with E-state index in [1.165, 1.54) is 11.3 Å². The van der Waals surface area contributed by atoms with Gasteiger partial charge in [-0.3, -0.25) is 14.5 Å². The summed E-state index contributed by atoms with van der Waals surface area (Å²) in [7, 11) is 0. The molecular formula is C22H15BrN2O3S. The Hall–Kier alpha value is -2.77. The van der Waals surface area contributed by atoms with E-state index in [0.717, 1.165) is 20.6 Å². The Balaban J connectivity index is 1.82. The molecule has 2 aromatic carbocycles. The van der Waals surface area contributed by atoms with Crippen molar-refractivity contribution in [3.8, 4) is 0 Å². The fourth-order valence-corrected chi connectivity index (χ4v) is 4.84. The number of amides is 1. The van der Waals surface area contributed by atoms with E-state index in [0.29, 0.717) is 21.7 Å². The van der Waals surface area contributed by atoms with Crippen LogP contribution >= 0.6 is 27.3 Å². The van der Waals surface area contributed by atoms with Crippen LogP contribution in [-0.2, 0) is 0 Å². The van der Waals surface area contributed by atoms with Crippen molar-refractivity contribution in [2.45, 2.75) is 19.9 Å². The number of carbonyl (C=O) groups is 1. The van der Waals surface area contributed by atoms with Crippen LogP contribution in [0.5, 0.6) is 0 Å². The van der Waals surface area contributed by atoms with Crippen LogP contribution in [0.1, 0.15) is 38.3 Å². The Morgan fingerprint density at radius 2 is 1.79 bits per heavy atom. The van der Waals surface area contributed by atoms with E-state index < -0.39 is 6.04 Å². The summed E-state index contributed by atoms with van der Waals surface area (Å²) in [6.45, 7) is 3.88. The minimum atomic E-state index is -0.587. The molecule has 0 radical (unpaired) electrons. The fourth-order valence-electron chi connectivity index (χ4n) is 3.64. The van der Waals surface area contributed by atoms with Crippen LogP contribution < -0.4 is 10.3 Å². The van der Waals surface area contributed by atoms with Crippen molar-refractivity contribution in [1.29, 1.82) is 0 Å². The van der Waals surface area contributed by atoms with Crippen molar-refractivity contribution in [3.63, 3.8) is 0 Å². The third-order valence-corrected chi connectivity index (χ3v) is 6.79. The number of rotatable bonds is 2. The van der Waals surface area contributed by atoms with Crippen molar-refractivity contribution in [3.05, 3.63) is 90.7 Å². The Kier molecular flexibility index (Phi) is 4.18. The number of nitrogens with zero attached hydrogens (tertiary/aromatic N) is 2. The first-order valence-electron chi connectivity index (χ1n) is 9.04. The minimum absolute atomic E-state index is 0.0899. The van der Waals surface area contributed by atoms with E-state index in [9.17, 15) is 9.59 Å². The molecule has 0 saturated heterocycles. The van der Waals surface area contributed by atoms with Crippen LogP contribution in [0.25, 0.3) is 11.0 Å². The number of aromatic nitrogens is 1. The fraction of sp³-hybridized carbons (Fsp3) is 0.136. The number of thiazole rings is 1. The molecule has 0 aliphatic carbocycles. The molecule has 5 nitrogen and oxygen atoms in total. The molecule has 5 rings (SSSR count). The third-order valence-electron chi connectivity index (χ3n) is 5.19. The zero-order valence-corrected chi connectivity index (χ0v) is 18.0. The highest BCUT2D eigenvalue weighted by Gasteiger charge is 2.44. The lowest BCUT2D eigenvalue weighted by molar-refractivity contribution is 0.0971. The van der Waals surface area contributed by atoms with Gasteiger partial charge < -0.3 is 4.42 Å². The first-order chi connectivity index (χ1) is 14.0. The van der Waals surface area contributed by atoms with Crippen molar-refractivity contribution >= 4 is 49.3 Å². The van der Waals surface area contributed by atoms with Crippen molar-refractivity contribution in [2.24, 2.45) is 0 Å². The van der Waals surface area contributed by atoms with Gasteiger partial charge in [0, 0.05) is 9.35 Å². The quantitative estimate of drug-likeness (QED) is 0.397. The third kappa shape index (κ3) is 2.76. The SMILES string of the molecule is Cc1nc(N2C(=O)c3oc4ccccc4c(=O)c3[C@@H]2c2ccc(Br)cc2)sc1C. The minimum Gasteiger partial charge on any atom is -0.450 e. The number of anilines is 1. The van der Waals surface area contributed by atoms with Gasteiger partial charge in [0.15, 0.2) is 10.6 Å². The van der Waals surface area contributed by atoms with Gasteiger partial charge in [-0.15, -0.1) is 11.3 Å². The number of halogens is 1. The maximum Gasteiger partial charge on any atom is 0.297 e. The number of hydrogen-bond acceptors (Lipinski definition) is 5. The molecule has 7 heteroatoms.